The van der Waals surface area contributed by atoms with Crippen LogP contribution in [0.15, 0.2) is 12.1 Å². The number of aromatic hydroxyl groups is 1. The van der Waals surface area contributed by atoms with Gasteiger partial charge in [0, 0.05) is 37.2 Å². The molecule has 2 saturated carbocycles. The van der Waals surface area contributed by atoms with E-state index in [9.17, 15) is 15.0 Å². The number of carbonyl (C=O) groups is 1. The molecular formula is C21H28NO4+. The van der Waals surface area contributed by atoms with Crippen molar-refractivity contribution in [1.82, 2.24) is 0 Å². The Kier molecular flexibility index (Phi) is 3.48. The minimum absolute atomic E-state index is 0.0445. The average Bonchev–Trinajstić information content (AvgIpc) is 3.41. The van der Waals surface area contributed by atoms with Crippen molar-refractivity contribution in [2.24, 2.45) is 5.92 Å². The fourth-order valence-electron chi connectivity index (χ4n) is 5.67. The van der Waals surface area contributed by atoms with E-state index in [-0.39, 0.29) is 17.6 Å². The Morgan fingerprint density at radius 1 is 1.31 bits per heavy atom. The van der Waals surface area contributed by atoms with Crippen LogP contribution in [0.25, 0.3) is 0 Å². The van der Waals surface area contributed by atoms with Crippen molar-refractivity contribution < 1.29 is 24.2 Å². The van der Waals surface area contributed by atoms with Crippen molar-refractivity contribution >= 4 is 5.78 Å². The molecule has 0 amide bonds. The molecule has 6 bridgehead atoms. The molecule has 1 aromatic rings. The van der Waals surface area contributed by atoms with Gasteiger partial charge in [-0.25, -0.2) is 0 Å². The lowest BCUT2D eigenvalue weighted by Gasteiger charge is -2.50. The van der Waals surface area contributed by atoms with E-state index in [2.05, 4.69) is 7.05 Å². The van der Waals surface area contributed by atoms with Crippen LogP contribution in [0.4, 0.5) is 0 Å². The number of rotatable bonds is 2. The summed E-state index contributed by atoms with van der Waals surface area (Å²) in [6.45, 7) is 2.04. The number of phenols is 1. The van der Waals surface area contributed by atoms with E-state index in [0.717, 1.165) is 47.5 Å². The summed E-state index contributed by atoms with van der Waals surface area (Å²) < 4.78 is 6.91. The highest BCUT2D eigenvalue weighted by molar-refractivity contribution is 5.84. The van der Waals surface area contributed by atoms with Crippen LogP contribution in [0.2, 0.25) is 0 Å². The van der Waals surface area contributed by atoms with Crippen molar-refractivity contribution in [3.05, 3.63) is 23.3 Å². The van der Waals surface area contributed by atoms with Gasteiger partial charge < -0.3 is 19.4 Å². The molecule has 2 fully saturated rings. The Morgan fingerprint density at radius 2 is 2.12 bits per heavy atom. The van der Waals surface area contributed by atoms with E-state index in [1.165, 1.54) is 12.8 Å². The maximum atomic E-state index is 12.5. The highest BCUT2D eigenvalue weighted by Gasteiger charge is 2.55. The van der Waals surface area contributed by atoms with Crippen LogP contribution in [0.3, 0.4) is 0 Å². The number of benzene rings is 1. The monoisotopic (exact) mass is 358 g/mol. The second-order valence-corrected chi connectivity index (χ2v) is 9.23. The highest BCUT2D eigenvalue weighted by Crippen LogP contribution is 2.47. The zero-order valence-electron chi connectivity index (χ0n) is 15.4. The van der Waals surface area contributed by atoms with Crippen LogP contribution in [0.1, 0.15) is 43.2 Å². The molecule has 4 atom stereocenters. The summed E-state index contributed by atoms with van der Waals surface area (Å²) in [5.74, 6) is 1.40. The predicted molar refractivity (Wildman–Crippen MR) is 96.2 cm³/mol. The molecule has 5 nitrogen and oxygen atoms in total. The molecule has 0 spiro atoms. The third kappa shape index (κ3) is 2.48. The van der Waals surface area contributed by atoms with Crippen LogP contribution in [0.5, 0.6) is 11.5 Å². The molecule has 26 heavy (non-hydrogen) atoms. The van der Waals surface area contributed by atoms with E-state index in [1.807, 2.05) is 6.07 Å². The van der Waals surface area contributed by atoms with Crippen molar-refractivity contribution in [1.29, 1.82) is 0 Å². The van der Waals surface area contributed by atoms with Gasteiger partial charge in [0.05, 0.1) is 20.1 Å². The van der Waals surface area contributed by atoms with Gasteiger partial charge in [-0.15, -0.1) is 0 Å². The lowest BCUT2D eigenvalue weighted by Crippen LogP contribution is -2.66. The summed E-state index contributed by atoms with van der Waals surface area (Å²) in [6, 6.07) is 3.74. The Labute approximate surface area is 154 Å². The number of nitrogens with zero attached hydrogens (tertiary/aromatic N) is 1. The minimum atomic E-state index is -0.897. The second-order valence-electron chi connectivity index (χ2n) is 9.23. The minimum Gasteiger partial charge on any atom is -0.504 e. The number of carbonyl (C=O) groups excluding carboxylic acids is 1. The molecule has 0 radical (unpaired) electrons. The number of ketones is 1. The number of phenolic OH excluding ortho intramolecular Hbond substituents is 1. The zero-order chi connectivity index (χ0) is 18.1. The van der Waals surface area contributed by atoms with Crippen molar-refractivity contribution in [3.63, 3.8) is 0 Å². The molecule has 5 rings (SSSR count). The van der Waals surface area contributed by atoms with Gasteiger partial charge in [-0.2, -0.15) is 0 Å². The summed E-state index contributed by atoms with van der Waals surface area (Å²) in [6.07, 6.45) is 4.75. The first-order valence-electron chi connectivity index (χ1n) is 9.98. The Bertz CT molecular complexity index is 774. The number of quaternary nitrogens is 1. The van der Waals surface area contributed by atoms with E-state index in [0.29, 0.717) is 25.0 Å². The van der Waals surface area contributed by atoms with E-state index >= 15 is 0 Å². The fourth-order valence-corrected chi connectivity index (χ4v) is 5.67. The summed E-state index contributed by atoms with van der Waals surface area (Å²) in [7, 11) is 2.29. The molecular weight excluding hydrogens is 330 g/mol. The summed E-state index contributed by atoms with van der Waals surface area (Å²) in [5.41, 5.74) is 1.30. The molecule has 1 aromatic carbocycles. The SMILES string of the molecule is C[N+]1(CC2CC2)CCc2c3ccc(O)c2O[C@@H]2C[C@@](O)(CCC2=O)C1C3. The van der Waals surface area contributed by atoms with Crippen LogP contribution in [-0.2, 0) is 17.6 Å². The van der Waals surface area contributed by atoms with Crippen molar-refractivity contribution in [3.8, 4) is 11.5 Å². The van der Waals surface area contributed by atoms with Crippen LogP contribution in [0, 0.1) is 5.92 Å². The van der Waals surface area contributed by atoms with Gasteiger partial charge in [0.25, 0.3) is 0 Å². The smallest absolute Gasteiger partial charge is 0.173 e. The Balaban J connectivity index is 1.68. The topological polar surface area (TPSA) is 66.8 Å². The molecule has 2 aliphatic carbocycles. The van der Waals surface area contributed by atoms with Crippen molar-refractivity contribution in [2.75, 3.05) is 20.1 Å². The van der Waals surface area contributed by atoms with Gasteiger partial charge in [-0.1, -0.05) is 6.07 Å². The third-order valence-corrected chi connectivity index (χ3v) is 7.33. The van der Waals surface area contributed by atoms with Crippen LogP contribution < -0.4 is 4.74 Å². The van der Waals surface area contributed by atoms with Gasteiger partial charge in [-0.3, -0.25) is 4.79 Å². The standard InChI is InChI=1S/C21H27NO4/c1-22(12-13-2-3-13)9-7-15-14-4-5-17(24)20(15)26-18-11-21(25,19(22)10-14)8-6-16(18)23/h4-5,13,18-19,25H,2-3,6-12H2,1H3/p+1/t18-,19?,21+,22?/m1/s1. The third-order valence-electron chi connectivity index (χ3n) is 7.33. The maximum absolute atomic E-state index is 12.5. The number of hydrogen-bond donors (Lipinski definition) is 2. The zero-order valence-corrected chi connectivity index (χ0v) is 15.4. The van der Waals surface area contributed by atoms with Gasteiger partial charge in [-0.05, 0) is 30.9 Å². The molecule has 2 heterocycles. The first kappa shape index (κ1) is 16.6. The van der Waals surface area contributed by atoms with Crippen LogP contribution >= 0.6 is 0 Å². The number of fused-ring (bicyclic) bond motifs is 4. The van der Waals surface area contributed by atoms with E-state index in [1.54, 1.807) is 6.07 Å². The average molecular weight is 358 g/mol. The number of aliphatic hydroxyl groups is 1. The normalized spacial score (nSPS) is 38.8. The first-order valence-corrected chi connectivity index (χ1v) is 9.98. The van der Waals surface area contributed by atoms with E-state index < -0.39 is 11.7 Å². The highest BCUT2D eigenvalue weighted by atomic mass is 16.5. The lowest BCUT2D eigenvalue weighted by atomic mass is 9.74. The quantitative estimate of drug-likeness (QED) is 0.793. The van der Waals surface area contributed by atoms with Gasteiger partial charge >= 0.3 is 0 Å². The molecule has 2 unspecified atom stereocenters. The molecule has 4 aliphatic rings. The number of Topliss-reactive ketones (excluding diaryl/α,β-unsaturated/α-hetero) is 1. The number of hydrogen-bond acceptors (Lipinski definition) is 4. The predicted octanol–water partition coefficient (Wildman–Crippen LogP) is 1.96. The Morgan fingerprint density at radius 3 is 2.88 bits per heavy atom. The van der Waals surface area contributed by atoms with Gasteiger partial charge in [0.1, 0.15) is 11.6 Å². The molecule has 0 aromatic heterocycles. The van der Waals surface area contributed by atoms with Gasteiger partial charge in [0.15, 0.2) is 23.4 Å². The van der Waals surface area contributed by atoms with E-state index in [4.69, 9.17) is 4.74 Å². The first-order chi connectivity index (χ1) is 12.4. The van der Waals surface area contributed by atoms with Gasteiger partial charge in [0.2, 0.25) is 0 Å². The Hall–Kier alpha value is -1.59. The van der Waals surface area contributed by atoms with Crippen LogP contribution in [-0.4, -0.2) is 58.4 Å². The largest absolute Gasteiger partial charge is 0.504 e. The fraction of sp³-hybridized carbons (Fsp3) is 0.667. The molecule has 140 valence electrons. The maximum Gasteiger partial charge on any atom is 0.173 e. The second kappa shape index (κ2) is 5.46. The number of ether oxygens (including phenoxy) is 1. The summed E-state index contributed by atoms with van der Waals surface area (Å²) >= 11 is 0. The van der Waals surface area contributed by atoms with Crippen molar-refractivity contribution in [2.45, 2.75) is 62.7 Å². The summed E-state index contributed by atoms with van der Waals surface area (Å²) in [5, 5.41) is 22.2. The molecule has 5 heteroatoms. The molecule has 0 saturated heterocycles. The molecule has 2 aliphatic heterocycles. The lowest BCUT2D eigenvalue weighted by molar-refractivity contribution is -0.941. The number of likely N-dealkylation sites (N-methyl/N-ethyl adjacent to an activating group) is 1. The molecule has 2 N–H and O–H groups in total. The summed E-state index contributed by atoms with van der Waals surface area (Å²) in [4.78, 5) is 12.5.